The minimum absolute atomic E-state index is 0.0378. The predicted molar refractivity (Wildman–Crippen MR) is 141 cm³/mol. The average molecular weight is 526 g/mol. The molecule has 0 atom stereocenters. The average Bonchev–Trinajstić information content (AvgIpc) is 2.91. The van der Waals surface area contributed by atoms with Crippen molar-refractivity contribution in [1.29, 1.82) is 0 Å². The number of hydrogen-bond acceptors (Lipinski definition) is 7. The zero-order chi connectivity index (χ0) is 26.7. The first-order valence-corrected chi connectivity index (χ1v) is 12.3. The van der Waals surface area contributed by atoms with Crippen molar-refractivity contribution >= 4 is 28.5 Å². The fraction of sp³-hybridized carbons (Fsp3) is 0.296. The highest BCUT2D eigenvalue weighted by molar-refractivity contribution is 5.88. The normalized spacial score (nSPS) is 14.6. The Kier molecular flexibility index (Phi) is 7.28. The van der Waals surface area contributed by atoms with Gasteiger partial charge in [0.05, 0.1) is 11.2 Å². The smallest absolute Gasteiger partial charge is 0.369 e. The minimum Gasteiger partial charge on any atom is -0.369 e. The third kappa shape index (κ3) is 6.28. The van der Waals surface area contributed by atoms with Gasteiger partial charge in [0.2, 0.25) is 5.95 Å². The SMILES string of the molecule is CN1CCN(c2ccc(CNc3nc(NCC(F)(F)F)c4nc(-c5ccc(F)cc5)ccc4n3)cc2)CC1. The molecule has 38 heavy (non-hydrogen) atoms. The second-order valence-electron chi connectivity index (χ2n) is 9.25. The molecule has 0 spiro atoms. The van der Waals surface area contributed by atoms with E-state index in [0.29, 0.717) is 23.3 Å². The summed E-state index contributed by atoms with van der Waals surface area (Å²) in [6.07, 6.45) is -4.44. The van der Waals surface area contributed by atoms with E-state index in [-0.39, 0.29) is 17.3 Å². The molecule has 11 heteroatoms. The Morgan fingerprint density at radius 3 is 2.21 bits per heavy atom. The van der Waals surface area contributed by atoms with Crippen LogP contribution in [0.15, 0.2) is 60.7 Å². The van der Waals surface area contributed by atoms with E-state index in [4.69, 9.17) is 0 Å². The third-order valence-corrected chi connectivity index (χ3v) is 6.39. The Balaban J connectivity index is 1.36. The highest BCUT2D eigenvalue weighted by Crippen LogP contribution is 2.27. The summed E-state index contributed by atoms with van der Waals surface area (Å²) >= 11 is 0. The summed E-state index contributed by atoms with van der Waals surface area (Å²) in [5.41, 5.74) is 3.81. The fourth-order valence-corrected chi connectivity index (χ4v) is 4.25. The molecule has 5 rings (SSSR count). The zero-order valence-electron chi connectivity index (χ0n) is 20.8. The van der Waals surface area contributed by atoms with Crippen LogP contribution in [0.2, 0.25) is 0 Å². The number of alkyl halides is 3. The molecule has 198 valence electrons. The van der Waals surface area contributed by atoms with Crippen LogP contribution in [0, 0.1) is 5.82 Å². The maximum absolute atomic E-state index is 13.3. The molecule has 1 fully saturated rings. The number of aromatic nitrogens is 3. The number of halogens is 4. The lowest BCUT2D eigenvalue weighted by atomic mass is 10.1. The molecule has 4 aromatic rings. The molecule has 0 saturated carbocycles. The number of pyridine rings is 1. The topological polar surface area (TPSA) is 69.2 Å². The molecule has 0 amide bonds. The van der Waals surface area contributed by atoms with Crippen molar-refractivity contribution in [2.24, 2.45) is 0 Å². The Hall–Kier alpha value is -3.99. The summed E-state index contributed by atoms with van der Waals surface area (Å²) in [4.78, 5) is 17.9. The van der Waals surface area contributed by atoms with E-state index in [0.717, 1.165) is 37.4 Å². The van der Waals surface area contributed by atoms with Gasteiger partial charge >= 0.3 is 6.18 Å². The van der Waals surface area contributed by atoms with E-state index < -0.39 is 18.5 Å². The van der Waals surface area contributed by atoms with Gasteiger partial charge < -0.3 is 20.4 Å². The molecule has 1 saturated heterocycles. The van der Waals surface area contributed by atoms with E-state index in [1.165, 1.54) is 12.1 Å². The molecule has 0 radical (unpaired) electrons. The van der Waals surface area contributed by atoms with Gasteiger partial charge in [-0.25, -0.2) is 14.4 Å². The first kappa shape index (κ1) is 25.7. The van der Waals surface area contributed by atoms with Crippen LogP contribution in [0.25, 0.3) is 22.3 Å². The molecule has 2 N–H and O–H groups in total. The lowest BCUT2D eigenvalue weighted by molar-refractivity contribution is -0.115. The number of benzene rings is 2. The fourth-order valence-electron chi connectivity index (χ4n) is 4.25. The van der Waals surface area contributed by atoms with Crippen LogP contribution in [-0.4, -0.2) is 65.8 Å². The number of likely N-dealkylation sites (N-methyl/N-ethyl adjacent to an activating group) is 1. The van der Waals surface area contributed by atoms with E-state index in [2.05, 4.69) is 54.6 Å². The molecule has 0 unspecified atom stereocenters. The van der Waals surface area contributed by atoms with Crippen LogP contribution < -0.4 is 15.5 Å². The van der Waals surface area contributed by atoms with Gasteiger partial charge in [-0.05, 0) is 61.1 Å². The van der Waals surface area contributed by atoms with E-state index in [9.17, 15) is 17.6 Å². The molecule has 2 aromatic carbocycles. The summed E-state index contributed by atoms with van der Waals surface area (Å²) < 4.78 is 52.3. The van der Waals surface area contributed by atoms with Gasteiger partial charge in [-0.15, -0.1) is 0 Å². The van der Waals surface area contributed by atoms with Gasteiger partial charge in [0, 0.05) is 44.0 Å². The van der Waals surface area contributed by atoms with Crippen LogP contribution in [0.4, 0.5) is 35.0 Å². The van der Waals surface area contributed by atoms with Gasteiger partial charge in [-0.3, -0.25) is 0 Å². The van der Waals surface area contributed by atoms with Gasteiger partial charge in [0.1, 0.15) is 17.9 Å². The van der Waals surface area contributed by atoms with Crippen molar-refractivity contribution in [3.05, 3.63) is 72.0 Å². The van der Waals surface area contributed by atoms with E-state index >= 15 is 0 Å². The second-order valence-corrected chi connectivity index (χ2v) is 9.25. The quantitative estimate of drug-likeness (QED) is 0.323. The first-order chi connectivity index (χ1) is 18.2. The van der Waals surface area contributed by atoms with Gasteiger partial charge in [-0.2, -0.15) is 18.2 Å². The van der Waals surface area contributed by atoms with Crippen molar-refractivity contribution in [1.82, 2.24) is 19.9 Å². The van der Waals surface area contributed by atoms with Crippen LogP contribution >= 0.6 is 0 Å². The molecule has 2 aromatic heterocycles. The van der Waals surface area contributed by atoms with Crippen molar-refractivity contribution in [2.75, 3.05) is 55.3 Å². The number of nitrogens with one attached hydrogen (secondary N) is 2. The predicted octanol–water partition coefficient (Wildman–Crippen LogP) is 5.17. The Morgan fingerprint density at radius 1 is 0.816 bits per heavy atom. The van der Waals surface area contributed by atoms with E-state index in [1.807, 2.05) is 12.1 Å². The highest BCUT2D eigenvalue weighted by atomic mass is 19.4. The Bertz CT molecular complexity index is 1380. The maximum atomic E-state index is 13.3. The zero-order valence-corrected chi connectivity index (χ0v) is 20.8. The van der Waals surface area contributed by atoms with Crippen molar-refractivity contribution in [3.8, 4) is 11.3 Å². The molecule has 7 nitrogen and oxygen atoms in total. The molecule has 3 heterocycles. The van der Waals surface area contributed by atoms with Crippen molar-refractivity contribution in [2.45, 2.75) is 12.7 Å². The van der Waals surface area contributed by atoms with Gasteiger partial charge in [0.25, 0.3) is 0 Å². The van der Waals surface area contributed by atoms with Crippen molar-refractivity contribution in [3.63, 3.8) is 0 Å². The standard InChI is InChI=1S/C27H27F4N7/c1-37-12-14-38(15-13-37)21-8-2-18(3-9-21)16-32-26-35-23-11-10-22(19-4-6-20(28)7-5-19)34-24(23)25(36-26)33-17-27(29,30)31/h2-11H,12-17H2,1H3,(H2,32,33,35,36). The lowest BCUT2D eigenvalue weighted by Crippen LogP contribution is -2.44. The van der Waals surface area contributed by atoms with E-state index in [1.54, 1.807) is 24.3 Å². The molecular formula is C27H27F4N7. The number of hydrogen-bond donors (Lipinski definition) is 2. The van der Waals surface area contributed by atoms with Crippen LogP contribution in [0.1, 0.15) is 5.56 Å². The summed E-state index contributed by atoms with van der Waals surface area (Å²) in [5, 5.41) is 5.47. The number of rotatable bonds is 7. The highest BCUT2D eigenvalue weighted by Gasteiger charge is 2.27. The summed E-state index contributed by atoms with van der Waals surface area (Å²) in [6, 6.07) is 17.2. The monoisotopic (exact) mass is 525 g/mol. The number of fused-ring (bicyclic) bond motifs is 1. The minimum atomic E-state index is -4.44. The van der Waals surface area contributed by atoms with Crippen LogP contribution in [0.5, 0.6) is 0 Å². The third-order valence-electron chi connectivity index (χ3n) is 6.39. The molecular weight excluding hydrogens is 498 g/mol. The second kappa shape index (κ2) is 10.8. The summed E-state index contributed by atoms with van der Waals surface area (Å²) in [6.45, 7) is 3.12. The Morgan fingerprint density at radius 2 is 1.53 bits per heavy atom. The molecule has 1 aliphatic rings. The maximum Gasteiger partial charge on any atom is 0.405 e. The Labute approximate surface area is 217 Å². The van der Waals surface area contributed by atoms with Crippen molar-refractivity contribution < 1.29 is 17.6 Å². The van der Waals surface area contributed by atoms with Gasteiger partial charge in [-0.1, -0.05) is 12.1 Å². The summed E-state index contributed by atoms with van der Waals surface area (Å²) in [5.74, 6) is -0.249. The number of nitrogens with zero attached hydrogens (tertiary/aromatic N) is 5. The first-order valence-electron chi connectivity index (χ1n) is 12.3. The summed E-state index contributed by atoms with van der Waals surface area (Å²) in [7, 11) is 2.12. The number of anilines is 3. The van der Waals surface area contributed by atoms with Crippen LogP contribution in [-0.2, 0) is 6.54 Å². The van der Waals surface area contributed by atoms with Gasteiger partial charge in [0.15, 0.2) is 5.82 Å². The largest absolute Gasteiger partial charge is 0.405 e. The molecule has 0 bridgehead atoms. The molecule has 1 aliphatic heterocycles. The number of piperazine rings is 1. The van der Waals surface area contributed by atoms with Crippen LogP contribution in [0.3, 0.4) is 0 Å². The lowest BCUT2D eigenvalue weighted by Gasteiger charge is -2.34. The molecule has 0 aliphatic carbocycles.